The Kier molecular flexibility index (Phi) is 3.40. The van der Waals surface area contributed by atoms with Crippen molar-refractivity contribution in [2.45, 2.75) is 19.4 Å². The summed E-state index contributed by atoms with van der Waals surface area (Å²) in [6.45, 7) is 3.00. The Morgan fingerprint density at radius 1 is 1.21 bits per heavy atom. The molecule has 2 aliphatic rings. The van der Waals surface area contributed by atoms with E-state index in [2.05, 4.69) is 20.2 Å². The summed E-state index contributed by atoms with van der Waals surface area (Å²) in [4.78, 5) is 10.8. The standard InChI is InChI=1S/C12H18N4O2S/c17-19(18)6-1-4-16(5-7-19)12-10-8-13-3-2-11(10)14-9-15-12/h9,13H,1-8H2. The van der Waals surface area contributed by atoms with Crippen LogP contribution in [0.25, 0.3) is 0 Å². The van der Waals surface area contributed by atoms with Gasteiger partial charge in [-0.25, -0.2) is 18.4 Å². The maximum absolute atomic E-state index is 11.7. The van der Waals surface area contributed by atoms with Crippen LogP contribution in [0.3, 0.4) is 0 Å². The molecule has 1 aromatic rings. The van der Waals surface area contributed by atoms with E-state index >= 15 is 0 Å². The van der Waals surface area contributed by atoms with Gasteiger partial charge in [0.15, 0.2) is 9.84 Å². The number of nitrogens with one attached hydrogen (secondary N) is 1. The monoisotopic (exact) mass is 282 g/mol. The van der Waals surface area contributed by atoms with E-state index in [1.165, 1.54) is 0 Å². The van der Waals surface area contributed by atoms with Gasteiger partial charge in [-0.05, 0) is 6.42 Å². The SMILES string of the molecule is O=S1(=O)CCCN(c2ncnc3c2CNCC3)CC1. The molecule has 0 unspecified atom stereocenters. The molecule has 0 aromatic carbocycles. The van der Waals surface area contributed by atoms with Crippen LogP contribution in [0.15, 0.2) is 6.33 Å². The van der Waals surface area contributed by atoms with E-state index in [9.17, 15) is 8.42 Å². The fourth-order valence-corrected chi connectivity index (χ4v) is 3.95. The van der Waals surface area contributed by atoms with Crippen LogP contribution in [-0.2, 0) is 22.8 Å². The molecule has 104 valence electrons. The van der Waals surface area contributed by atoms with E-state index in [0.717, 1.165) is 43.1 Å². The lowest BCUT2D eigenvalue weighted by Crippen LogP contribution is -2.32. The van der Waals surface area contributed by atoms with Crippen molar-refractivity contribution in [2.24, 2.45) is 0 Å². The van der Waals surface area contributed by atoms with Crippen LogP contribution >= 0.6 is 0 Å². The zero-order chi connectivity index (χ0) is 13.3. The van der Waals surface area contributed by atoms with Crippen LogP contribution in [0.4, 0.5) is 5.82 Å². The highest BCUT2D eigenvalue weighted by molar-refractivity contribution is 7.91. The molecule has 3 rings (SSSR count). The number of anilines is 1. The zero-order valence-corrected chi connectivity index (χ0v) is 11.6. The number of nitrogens with zero attached hydrogens (tertiary/aromatic N) is 3. The predicted octanol–water partition coefficient (Wildman–Crippen LogP) is -0.253. The van der Waals surface area contributed by atoms with Gasteiger partial charge in [-0.3, -0.25) is 0 Å². The van der Waals surface area contributed by atoms with Crippen molar-refractivity contribution in [3.63, 3.8) is 0 Å². The van der Waals surface area contributed by atoms with Crippen molar-refractivity contribution >= 4 is 15.7 Å². The molecule has 0 amide bonds. The molecule has 6 nitrogen and oxygen atoms in total. The Morgan fingerprint density at radius 3 is 3.00 bits per heavy atom. The smallest absolute Gasteiger partial charge is 0.152 e. The highest BCUT2D eigenvalue weighted by Crippen LogP contribution is 2.23. The third kappa shape index (κ3) is 2.71. The summed E-state index contributed by atoms with van der Waals surface area (Å²) in [5.74, 6) is 1.42. The summed E-state index contributed by atoms with van der Waals surface area (Å²) in [5.41, 5.74) is 2.23. The first-order valence-corrected chi connectivity index (χ1v) is 8.47. The first-order valence-electron chi connectivity index (χ1n) is 6.64. The predicted molar refractivity (Wildman–Crippen MR) is 72.9 cm³/mol. The molecule has 0 aliphatic carbocycles. The van der Waals surface area contributed by atoms with Crippen LogP contribution < -0.4 is 10.2 Å². The Hall–Kier alpha value is -1.21. The Balaban J connectivity index is 1.90. The van der Waals surface area contributed by atoms with Gasteiger partial charge in [-0.2, -0.15) is 0 Å². The molecule has 0 spiro atoms. The lowest BCUT2D eigenvalue weighted by Gasteiger charge is -2.26. The Morgan fingerprint density at radius 2 is 2.11 bits per heavy atom. The van der Waals surface area contributed by atoms with Crippen LogP contribution in [0.5, 0.6) is 0 Å². The van der Waals surface area contributed by atoms with E-state index in [1.807, 2.05) is 0 Å². The number of sulfone groups is 1. The summed E-state index contributed by atoms with van der Waals surface area (Å²) in [7, 11) is -2.88. The van der Waals surface area contributed by atoms with Crippen molar-refractivity contribution in [2.75, 3.05) is 36.0 Å². The molecule has 0 bridgehead atoms. The maximum Gasteiger partial charge on any atom is 0.152 e. The third-order valence-electron chi connectivity index (χ3n) is 3.71. The lowest BCUT2D eigenvalue weighted by atomic mass is 10.1. The van der Waals surface area contributed by atoms with E-state index < -0.39 is 9.84 Å². The molecular weight excluding hydrogens is 264 g/mol. The molecule has 1 fully saturated rings. The quantitative estimate of drug-likeness (QED) is 0.765. The van der Waals surface area contributed by atoms with Crippen LogP contribution in [-0.4, -0.2) is 49.5 Å². The average Bonchev–Trinajstić information content (AvgIpc) is 2.59. The third-order valence-corrected chi connectivity index (χ3v) is 5.42. The molecule has 1 aromatic heterocycles. The van der Waals surface area contributed by atoms with Crippen LogP contribution in [0.1, 0.15) is 17.7 Å². The van der Waals surface area contributed by atoms with Gasteiger partial charge in [0.05, 0.1) is 17.2 Å². The van der Waals surface area contributed by atoms with Crippen molar-refractivity contribution in [3.05, 3.63) is 17.6 Å². The molecule has 2 aliphatic heterocycles. The fourth-order valence-electron chi connectivity index (χ4n) is 2.68. The summed E-state index contributed by atoms with van der Waals surface area (Å²) in [5, 5.41) is 3.33. The molecule has 19 heavy (non-hydrogen) atoms. The van der Waals surface area contributed by atoms with Gasteiger partial charge >= 0.3 is 0 Å². The Labute approximate surface area is 113 Å². The number of aromatic nitrogens is 2. The van der Waals surface area contributed by atoms with E-state index in [4.69, 9.17) is 0 Å². The molecule has 3 heterocycles. The van der Waals surface area contributed by atoms with Crippen molar-refractivity contribution in [3.8, 4) is 0 Å². The summed E-state index contributed by atoms with van der Waals surface area (Å²) in [6.07, 6.45) is 3.18. The first-order chi connectivity index (χ1) is 9.16. The van der Waals surface area contributed by atoms with Gasteiger partial charge in [-0.15, -0.1) is 0 Å². The molecule has 0 radical (unpaired) electrons. The zero-order valence-electron chi connectivity index (χ0n) is 10.8. The maximum atomic E-state index is 11.7. The van der Waals surface area contributed by atoms with Gasteiger partial charge < -0.3 is 10.2 Å². The average molecular weight is 282 g/mol. The summed E-state index contributed by atoms with van der Waals surface area (Å²) < 4.78 is 23.3. The molecule has 0 atom stereocenters. The topological polar surface area (TPSA) is 75.2 Å². The number of fused-ring (bicyclic) bond motifs is 1. The van der Waals surface area contributed by atoms with E-state index in [1.54, 1.807) is 6.33 Å². The summed E-state index contributed by atoms with van der Waals surface area (Å²) >= 11 is 0. The minimum Gasteiger partial charge on any atom is -0.355 e. The molecular formula is C12H18N4O2S. The number of hydrogen-bond donors (Lipinski definition) is 1. The van der Waals surface area contributed by atoms with Gasteiger partial charge in [0.1, 0.15) is 12.1 Å². The normalized spacial score (nSPS) is 22.6. The molecule has 1 saturated heterocycles. The van der Waals surface area contributed by atoms with Crippen molar-refractivity contribution in [1.29, 1.82) is 0 Å². The van der Waals surface area contributed by atoms with Gasteiger partial charge in [0.25, 0.3) is 0 Å². The highest BCUT2D eigenvalue weighted by atomic mass is 32.2. The van der Waals surface area contributed by atoms with E-state index in [-0.39, 0.29) is 11.5 Å². The first kappa shape index (κ1) is 12.8. The summed E-state index contributed by atoms with van der Waals surface area (Å²) in [6, 6.07) is 0. The second-order valence-electron chi connectivity index (χ2n) is 5.04. The largest absolute Gasteiger partial charge is 0.355 e. The minimum atomic E-state index is -2.88. The second kappa shape index (κ2) is 5.05. The molecule has 1 N–H and O–H groups in total. The van der Waals surface area contributed by atoms with Crippen molar-refractivity contribution in [1.82, 2.24) is 15.3 Å². The van der Waals surface area contributed by atoms with Gasteiger partial charge in [0, 0.05) is 38.2 Å². The van der Waals surface area contributed by atoms with Crippen molar-refractivity contribution < 1.29 is 8.42 Å². The molecule has 7 heteroatoms. The number of hydrogen-bond acceptors (Lipinski definition) is 6. The lowest BCUT2D eigenvalue weighted by molar-refractivity contribution is 0.597. The second-order valence-corrected chi connectivity index (χ2v) is 7.35. The van der Waals surface area contributed by atoms with Gasteiger partial charge in [0.2, 0.25) is 0 Å². The molecule has 0 saturated carbocycles. The fraction of sp³-hybridized carbons (Fsp3) is 0.667. The van der Waals surface area contributed by atoms with Gasteiger partial charge in [-0.1, -0.05) is 0 Å². The van der Waals surface area contributed by atoms with Crippen LogP contribution in [0, 0.1) is 0 Å². The highest BCUT2D eigenvalue weighted by Gasteiger charge is 2.24. The van der Waals surface area contributed by atoms with E-state index in [0.29, 0.717) is 13.0 Å². The minimum absolute atomic E-state index is 0.221. The van der Waals surface area contributed by atoms with Crippen LogP contribution in [0.2, 0.25) is 0 Å². The Bertz CT molecular complexity index is 573. The number of rotatable bonds is 1.